The van der Waals surface area contributed by atoms with Crippen molar-refractivity contribution in [3.63, 3.8) is 0 Å². The first-order valence-corrected chi connectivity index (χ1v) is 3.35. The number of hydrogen-bond donors (Lipinski definition) is 1. The lowest BCUT2D eigenvalue weighted by Crippen LogP contribution is -2.50. The topological polar surface area (TPSA) is 34.4 Å². The molecule has 1 aliphatic rings. The molecule has 3 nitrogen and oxygen atoms in total. The van der Waals surface area contributed by atoms with Crippen molar-refractivity contribution in [3.8, 4) is 5.75 Å². The molecule has 3 heteroatoms. The zero-order valence-electron chi connectivity index (χ0n) is 5.54. The molecule has 0 bridgehead atoms. The highest BCUT2D eigenvalue weighted by Gasteiger charge is 2.18. The van der Waals surface area contributed by atoms with Gasteiger partial charge in [0.1, 0.15) is 12.4 Å². The molecule has 54 valence electrons. The second-order valence-corrected chi connectivity index (χ2v) is 2.36. The highest BCUT2D eigenvalue weighted by atomic mass is 16.5. The van der Waals surface area contributed by atoms with Crippen LogP contribution in [-0.4, -0.2) is 19.2 Å². The summed E-state index contributed by atoms with van der Waals surface area (Å²) < 4.78 is 10.3. The van der Waals surface area contributed by atoms with Gasteiger partial charge in [0.15, 0.2) is 5.75 Å². The van der Waals surface area contributed by atoms with Crippen LogP contribution in [0.1, 0.15) is 0 Å². The molecule has 1 aromatic heterocycles. The van der Waals surface area contributed by atoms with Crippen molar-refractivity contribution in [2.75, 3.05) is 13.1 Å². The minimum absolute atomic E-state index is 0.345. The molecule has 1 N–H and O–H groups in total. The molecule has 1 fully saturated rings. The van der Waals surface area contributed by atoms with Crippen molar-refractivity contribution in [2.24, 2.45) is 0 Å². The third-order valence-corrected chi connectivity index (χ3v) is 1.54. The summed E-state index contributed by atoms with van der Waals surface area (Å²) in [5, 5.41) is 3.12. The fourth-order valence-corrected chi connectivity index (χ4v) is 0.857. The average molecular weight is 139 g/mol. The number of rotatable bonds is 2. The van der Waals surface area contributed by atoms with Crippen molar-refractivity contribution in [1.82, 2.24) is 5.32 Å². The molecular weight excluding hydrogens is 130 g/mol. The van der Waals surface area contributed by atoms with Gasteiger partial charge in [-0.3, -0.25) is 0 Å². The molecule has 10 heavy (non-hydrogen) atoms. The van der Waals surface area contributed by atoms with E-state index in [2.05, 4.69) is 5.32 Å². The van der Waals surface area contributed by atoms with Gasteiger partial charge in [-0.2, -0.15) is 0 Å². The van der Waals surface area contributed by atoms with Crippen molar-refractivity contribution < 1.29 is 9.15 Å². The largest absolute Gasteiger partial charge is 0.484 e. The first-order chi connectivity index (χ1) is 4.95. The summed E-state index contributed by atoms with van der Waals surface area (Å²) in [6.45, 7) is 1.90. The van der Waals surface area contributed by atoms with Crippen LogP contribution in [0, 0.1) is 0 Å². The lowest BCUT2D eigenvalue weighted by Gasteiger charge is -2.26. The summed E-state index contributed by atoms with van der Waals surface area (Å²) in [7, 11) is 0. The van der Waals surface area contributed by atoms with Crippen molar-refractivity contribution in [2.45, 2.75) is 6.10 Å². The lowest BCUT2D eigenvalue weighted by atomic mass is 10.2. The summed E-state index contributed by atoms with van der Waals surface area (Å²) >= 11 is 0. The first kappa shape index (κ1) is 5.80. The molecule has 0 aromatic carbocycles. The van der Waals surface area contributed by atoms with E-state index in [0.717, 1.165) is 18.8 Å². The van der Waals surface area contributed by atoms with Crippen molar-refractivity contribution >= 4 is 0 Å². The maximum absolute atomic E-state index is 5.43. The Balaban J connectivity index is 1.90. The lowest BCUT2D eigenvalue weighted by molar-refractivity contribution is 0.141. The van der Waals surface area contributed by atoms with Crippen LogP contribution in [0.4, 0.5) is 0 Å². The van der Waals surface area contributed by atoms with Crippen molar-refractivity contribution in [3.05, 3.63) is 18.6 Å². The van der Waals surface area contributed by atoms with Crippen LogP contribution in [0.25, 0.3) is 0 Å². The molecule has 0 atom stereocenters. The van der Waals surface area contributed by atoms with E-state index in [1.165, 1.54) is 0 Å². The van der Waals surface area contributed by atoms with Crippen LogP contribution in [0.15, 0.2) is 23.0 Å². The molecule has 0 saturated carbocycles. The van der Waals surface area contributed by atoms with Crippen LogP contribution in [0.5, 0.6) is 5.75 Å². The SMILES string of the molecule is c1cc(OC2CNC2)co1. The van der Waals surface area contributed by atoms with Gasteiger partial charge in [-0.25, -0.2) is 0 Å². The number of furan rings is 1. The van der Waals surface area contributed by atoms with E-state index >= 15 is 0 Å². The monoisotopic (exact) mass is 139 g/mol. The molecular formula is C7H9NO2. The van der Waals surface area contributed by atoms with Crippen LogP contribution < -0.4 is 10.1 Å². The van der Waals surface area contributed by atoms with E-state index in [-0.39, 0.29) is 0 Å². The van der Waals surface area contributed by atoms with Gasteiger partial charge in [0, 0.05) is 19.2 Å². The van der Waals surface area contributed by atoms with Gasteiger partial charge in [0.2, 0.25) is 0 Å². The van der Waals surface area contributed by atoms with E-state index in [0.29, 0.717) is 6.10 Å². The quantitative estimate of drug-likeness (QED) is 0.652. The van der Waals surface area contributed by atoms with E-state index in [1.54, 1.807) is 12.5 Å². The maximum atomic E-state index is 5.43. The molecule has 0 aliphatic carbocycles. The van der Waals surface area contributed by atoms with Crippen LogP contribution >= 0.6 is 0 Å². The van der Waals surface area contributed by atoms with Crippen molar-refractivity contribution in [1.29, 1.82) is 0 Å². The Labute approximate surface area is 59.0 Å². The Morgan fingerprint density at radius 2 is 2.50 bits per heavy atom. The number of nitrogens with one attached hydrogen (secondary N) is 1. The average Bonchev–Trinajstić information content (AvgIpc) is 2.29. The summed E-state index contributed by atoms with van der Waals surface area (Å²) in [6.07, 6.45) is 3.57. The number of hydrogen-bond acceptors (Lipinski definition) is 3. The van der Waals surface area contributed by atoms with E-state index in [1.807, 2.05) is 6.07 Å². The Morgan fingerprint density at radius 1 is 1.60 bits per heavy atom. The minimum Gasteiger partial charge on any atom is -0.484 e. The summed E-state index contributed by atoms with van der Waals surface area (Å²) in [6, 6.07) is 1.82. The third kappa shape index (κ3) is 0.998. The van der Waals surface area contributed by atoms with Crippen LogP contribution in [-0.2, 0) is 0 Å². The normalized spacial score (nSPS) is 18.4. The Kier molecular flexibility index (Phi) is 1.36. The summed E-state index contributed by atoms with van der Waals surface area (Å²) in [4.78, 5) is 0. The smallest absolute Gasteiger partial charge is 0.157 e. The highest BCUT2D eigenvalue weighted by Crippen LogP contribution is 2.13. The van der Waals surface area contributed by atoms with Crippen LogP contribution in [0.2, 0.25) is 0 Å². The standard InChI is InChI=1S/C7H9NO2/c1-2-9-5-6(1)10-7-3-8-4-7/h1-2,5,7-8H,3-4H2. The number of ether oxygens (including phenoxy) is 1. The zero-order valence-corrected chi connectivity index (χ0v) is 5.54. The van der Waals surface area contributed by atoms with Gasteiger partial charge in [-0.15, -0.1) is 0 Å². The predicted octanol–water partition coefficient (Wildman–Crippen LogP) is 0.630. The van der Waals surface area contributed by atoms with Gasteiger partial charge in [-0.1, -0.05) is 0 Å². The maximum Gasteiger partial charge on any atom is 0.157 e. The van der Waals surface area contributed by atoms with Gasteiger partial charge in [-0.05, 0) is 0 Å². The molecule has 1 saturated heterocycles. The minimum atomic E-state index is 0.345. The first-order valence-electron chi connectivity index (χ1n) is 3.35. The Morgan fingerprint density at radius 3 is 3.00 bits per heavy atom. The third-order valence-electron chi connectivity index (χ3n) is 1.54. The van der Waals surface area contributed by atoms with Crippen LogP contribution in [0.3, 0.4) is 0 Å². The summed E-state index contributed by atoms with van der Waals surface area (Å²) in [5.74, 6) is 0.825. The zero-order chi connectivity index (χ0) is 6.81. The van der Waals surface area contributed by atoms with Gasteiger partial charge in [0.25, 0.3) is 0 Å². The highest BCUT2D eigenvalue weighted by molar-refractivity contribution is 5.13. The second kappa shape index (κ2) is 2.34. The fourth-order valence-electron chi connectivity index (χ4n) is 0.857. The molecule has 0 unspecified atom stereocenters. The van der Waals surface area contributed by atoms with Gasteiger partial charge in [0.05, 0.1) is 6.26 Å². The Hall–Kier alpha value is -0.960. The van der Waals surface area contributed by atoms with Gasteiger partial charge >= 0.3 is 0 Å². The predicted molar refractivity (Wildman–Crippen MR) is 36.0 cm³/mol. The fraction of sp³-hybridized carbons (Fsp3) is 0.429. The van der Waals surface area contributed by atoms with E-state index < -0.39 is 0 Å². The molecule has 0 radical (unpaired) electrons. The molecule has 2 heterocycles. The molecule has 0 amide bonds. The molecule has 1 aliphatic heterocycles. The second-order valence-electron chi connectivity index (χ2n) is 2.36. The summed E-state index contributed by atoms with van der Waals surface area (Å²) in [5.41, 5.74) is 0. The molecule has 1 aromatic rings. The van der Waals surface area contributed by atoms with E-state index in [4.69, 9.17) is 9.15 Å². The molecule has 2 rings (SSSR count). The van der Waals surface area contributed by atoms with Gasteiger partial charge < -0.3 is 14.5 Å². The Bertz CT molecular complexity index is 191. The molecule has 0 spiro atoms. The van der Waals surface area contributed by atoms with E-state index in [9.17, 15) is 0 Å².